The Morgan fingerprint density at radius 3 is 2.75 bits per heavy atom. The fourth-order valence-corrected chi connectivity index (χ4v) is 1.37. The van der Waals surface area contributed by atoms with E-state index < -0.39 is 13.9 Å². The molecule has 0 saturated carbocycles. The van der Waals surface area contributed by atoms with Crippen molar-refractivity contribution in [1.29, 1.82) is 0 Å². The number of aromatic nitrogens is 2. The number of hydrogen-bond donors (Lipinski definition) is 4. The van der Waals surface area contributed by atoms with Crippen LogP contribution in [0.3, 0.4) is 0 Å². The molecule has 1 aromatic rings. The van der Waals surface area contributed by atoms with Gasteiger partial charge in [0.2, 0.25) is 18.0 Å². The SMILES string of the molecule is Nc1cc(N)[n+](CCOCP(=O)(O)O)cn1. The average molecular weight is 249 g/mol. The number of nitrogen functional groups attached to an aromatic ring is 2. The van der Waals surface area contributed by atoms with Crippen LogP contribution >= 0.6 is 7.60 Å². The van der Waals surface area contributed by atoms with Gasteiger partial charge in [-0.25, -0.2) is 4.57 Å². The van der Waals surface area contributed by atoms with E-state index in [1.54, 1.807) is 4.57 Å². The van der Waals surface area contributed by atoms with Gasteiger partial charge < -0.3 is 26.0 Å². The first-order chi connectivity index (χ1) is 7.38. The van der Waals surface area contributed by atoms with Crippen LogP contribution < -0.4 is 16.0 Å². The molecular weight excluding hydrogens is 235 g/mol. The number of nitrogens with zero attached hydrogens (tertiary/aromatic N) is 2. The molecule has 0 aromatic carbocycles. The van der Waals surface area contributed by atoms with E-state index in [1.807, 2.05) is 0 Å². The van der Waals surface area contributed by atoms with Crippen molar-refractivity contribution in [3.8, 4) is 0 Å². The van der Waals surface area contributed by atoms with Gasteiger partial charge in [-0.15, -0.1) is 0 Å². The quantitative estimate of drug-likeness (QED) is 0.289. The molecule has 0 bridgehead atoms. The number of nitrogens with two attached hydrogens (primary N) is 2. The zero-order valence-corrected chi connectivity index (χ0v) is 9.38. The third-order valence-electron chi connectivity index (χ3n) is 1.71. The molecule has 8 nitrogen and oxygen atoms in total. The minimum Gasteiger partial charge on any atom is -0.370 e. The third kappa shape index (κ3) is 4.54. The van der Waals surface area contributed by atoms with Crippen LogP contribution in [-0.4, -0.2) is 27.7 Å². The molecule has 9 heteroatoms. The van der Waals surface area contributed by atoms with E-state index in [1.165, 1.54) is 12.4 Å². The molecule has 0 radical (unpaired) electrons. The Morgan fingerprint density at radius 1 is 1.50 bits per heavy atom. The van der Waals surface area contributed by atoms with Gasteiger partial charge in [0.1, 0.15) is 6.35 Å². The van der Waals surface area contributed by atoms with Gasteiger partial charge in [0.05, 0.1) is 19.2 Å². The summed E-state index contributed by atoms with van der Waals surface area (Å²) in [5.74, 6) is 0.720. The summed E-state index contributed by atoms with van der Waals surface area (Å²) in [5, 5.41) is 0. The maximum absolute atomic E-state index is 10.5. The van der Waals surface area contributed by atoms with E-state index in [0.29, 0.717) is 18.2 Å². The first-order valence-corrected chi connectivity index (χ1v) is 6.21. The fraction of sp³-hybridized carbons (Fsp3) is 0.429. The van der Waals surface area contributed by atoms with Gasteiger partial charge in [-0.05, 0) is 0 Å². The van der Waals surface area contributed by atoms with Gasteiger partial charge in [-0.3, -0.25) is 4.57 Å². The zero-order valence-electron chi connectivity index (χ0n) is 8.48. The van der Waals surface area contributed by atoms with Crippen molar-refractivity contribution in [2.45, 2.75) is 6.54 Å². The highest BCUT2D eigenvalue weighted by Gasteiger charge is 2.13. The van der Waals surface area contributed by atoms with Crippen molar-refractivity contribution in [3.05, 3.63) is 12.4 Å². The lowest BCUT2D eigenvalue weighted by Crippen LogP contribution is -2.39. The van der Waals surface area contributed by atoms with Crippen molar-refractivity contribution in [3.63, 3.8) is 0 Å². The molecule has 0 aliphatic heterocycles. The Hall–Kier alpha value is -1.21. The number of anilines is 2. The highest BCUT2D eigenvalue weighted by Crippen LogP contribution is 2.33. The normalized spacial score (nSPS) is 11.6. The minimum absolute atomic E-state index is 0.131. The molecule has 0 fully saturated rings. The number of hydrogen-bond acceptors (Lipinski definition) is 5. The summed E-state index contributed by atoms with van der Waals surface area (Å²) in [6.07, 6.45) is 0.835. The summed E-state index contributed by atoms with van der Waals surface area (Å²) in [4.78, 5) is 20.9. The molecule has 1 aromatic heterocycles. The largest absolute Gasteiger partial charge is 0.370 e. The summed E-state index contributed by atoms with van der Waals surface area (Å²) < 4.78 is 16.8. The molecule has 16 heavy (non-hydrogen) atoms. The monoisotopic (exact) mass is 249 g/mol. The van der Waals surface area contributed by atoms with Crippen molar-refractivity contribution >= 4 is 19.2 Å². The maximum Gasteiger partial charge on any atom is 0.350 e. The van der Waals surface area contributed by atoms with Crippen molar-refractivity contribution in [2.75, 3.05) is 24.4 Å². The highest BCUT2D eigenvalue weighted by molar-refractivity contribution is 7.51. The molecule has 0 amide bonds. The summed E-state index contributed by atoms with van der Waals surface area (Å²) in [6, 6.07) is 1.49. The molecular formula is C7H14N4O4P+. The fourth-order valence-electron chi connectivity index (χ4n) is 1.01. The van der Waals surface area contributed by atoms with Gasteiger partial charge in [0.25, 0.3) is 0 Å². The second kappa shape index (κ2) is 5.22. The van der Waals surface area contributed by atoms with Crippen LogP contribution in [0.1, 0.15) is 0 Å². The van der Waals surface area contributed by atoms with Gasteiger partial charge in [-0.2, -0.15) is 0 Å². The van der Waals surface area contributed by atoms with Crippen LogP contribution in [-0.2, 0) is 15.8 Å². The smallest absolute Gasteiger partial charge is 0.350 e. The number of rotatable bonds is 5. The topological polar surface area (TPSA) is 136 Å². The molecule has 0 aliphatic rings. The molecule has 0 saturated heterocycles. The van der Waals surface area contributed by atoms with E-state index in [-0.39, 0.29) is 6.61 Å². The Morgan fingerprint density at radius 2 is 2.19 bits per heavy atom. The van der Waals surface area contributed by atoms with E-state index in [0.717, 1.165) is 0 Å². The van der Waals surface area contributed by atoms with Crippen LogP contribution in [0.5, 0.6) is 0 Å². The van der Waals surface area contributed by atoms with Crippen molar-refractivity contribution < 1.29 is 23.7 Å². The van der Waals surface area contributed by atoms with Gasteiger partial charge in [0, 0.05) is 0 Å². The highest BCUT2D eigenvalue weighted by atomic mass is 31.2. The predicted molar refractivity (Wildman–Crippen MR) is 56.1 cm³/mol. The third-order valence-corrected chi connectivity index (χ3v) is 2.23. The Balaban J connectivity index is 2.41. The molecule has 90 valence electrons. The first-order valence-electron chi connectivity index (χ1n) is 4.41. The molecule has 1 rings (SSSR count). The molecule has 6 N–H and O–H groups in total. The minimum atomic E-state index is -4.11. The maximum atomic E-state index is 10.5. The van der Waals surface area contributed by atoms with Gasteiger partial charge in [0.15, 0.2) is 0 Å². The lowest BCUT2D eigenvalue weighted by Gasteiger charge is -2.06. The summed E-state index contributed by atoms with van der Waals surface area (Å²) in [7, 11) is -4.11. The lowest BCUT2D eigenvalue weighted by atomic mass is 10.5. The molecule has 0 unspecified atom stereocenters. The average Bonchev–Trinajstić information content (AvgIpc) is 2.13. The van der Waals surface area contributed by atoms with Crippen LogP contribution in [0.15, 0.2) is 12.4 Å². The van der Waals surface area contributed by atoms with Crippen molar-refractivity contribution in [2.24, 2.45) is 0 Å². The second-order valence-corrected chi connectivity index (χ2v) is 4.72. The van der Waals surface area contributed by atoms with Crippen LogP contribution in [0, 0.1) is 0 Å². The zero-order chi connectivity index (χ0) is 12.2. The van der Waals surface area contributed by atoms with Crippen LogP contribution in [0.25, 0.3) is 0 Å². The second-order valence-electron chi connectivity index (χ2n) is 3.13. The Labute approximate surface area is 92.0 Å². The van der Waals surface area contributed by atoms with Crippen LogP contribution in [0.2, 0.25) is 0 Å². The summed E-state index contributed by atoms with van der Waals surface area (Å²) >= 11 is 0. The van der Waals surface area contributed by atoms with E-state index in [4.69, 9.17) is 26.0 Å². The van der Waals surface area contributed by atoms with E-state index in [9.17, 15) is 4.57 Å². The first kappa shape index (κ1) is 12.9. The molecule has 0 atom stereocenters. The number of ether oxygens (including phenoxy) is 1. The molecule has 0 aliphatic carbocycles. The Bertz CT molecular complexity index is 407. The molecule has 0 spiro atoms. The van der Waals surface area contributed by atoms with Gasteiger partial charge >= 0.3 is 7.60 Å². The predicted octanol–water partition coefficient (Wildman–Crippen LogP) is -1.31. The van der Waals surface area contributed by atoms with Crippen LogP contribution in [0.4, 0.5) is 11.6 Å². The molecule has 1 heterocycles. The van der Waals surface area contributed by atoms with E-state index >= 15 is 0 Å². The van der Waals surface area contributed by atoms with E-state index in [2.05, 4.69) is 4.98 Å². The standard InChI is InChI=1S/C7H13N4O4P/c8-6-3-7(9)11(4-10-6)1-2-15-5-16(12,13)14/h3-4H,1-2,5H2,(H5,8,9,12,13,14)/p+1. The lowest BCUT2D eigenvalue weighted by molar-refractivity contribution is -0.687. The van der Waals surface area contributed by atoms with Gasteiger partial charge in [-0.1, -0.05) is 4.98 Å². The summed E-state index contributed by atoms with van der Waals surface area (Å²) in [5.41, 5.74) is 11.0. The van der Waals surface area contributed by atoms with Crippen molar-refractivity contribution in [1.82, 2.24) is 4.98 Å². The Kier molecular flexibility index (Phi) is 4.19. The summed E-state index contributed by atoms with van der Waals surface area (Å²) in [6.45, 7) is 0.477.